The molecule has 1 aromatic rings. The minimum atomic E-state index is -0.0227. The van der Waals surface area contributed by atoms with Crippen molar-refractivity contribution in [2.45, 2.75) is 32.6 Å². The van der Waals surface area contributed by atoms with Gasteiger partial charge in [0.05, 0.1) is 6.42 Å². The second-order valence-electron chi connectivity index (χ2n) is 6.75. The van der Waals surface area contributed by atoms with Crippen LogP contribution in [0.2, 0.25) is 0 Å². The van der Waals surface area contributed by atoms with Crippen LogP contribution in [0.25, 0.3) is 0 Å². The second-order valence-corrected chi connectivity index (χ2v) is 6.75. The van der Waals surface area contributed by atoms with Crippen LogP contribution in [-0.2, 0) is 16.0 Å². The van der Waals surface area contributed by atoms with E-state index in [1.54, 1.807) is 22.9 Å². The number of rotatable bonds is 4. The van der Waals surface area contributed by atoms with Gasteiger partial charge in [-0.2, -0.15) is 0 Å². The summed E-state index contributed by atoms with van der Waals surface area (Å²) in [5.74, 6) is 0.220. The third-order valence-corrected chi connectivity index (χ3v) is 5.07. The van der Waals surface area contributed by atoms with E-state index >= 15 is 0 Å². The Labute approximate surface area is 148 Å². The first-order valence-corrected chi connectivity index (χ1v) is 8.97. The van der Waals surface area contributed by atoms with E-state index in [1.807, 2.05) is 17.0 Å². The number of amides is 3. The maximum absolute atomic E-state index is 12.7. The molecule has 2 aliphatic rings. The molecule has 0 N–H and O–H groups in total. The Morgan fingerprint density at radius 3 is 2.44 bits per heavy atom. The molecule has 25 heavy (non-hydrogen) atoms. The fraction of sp³-hybridized carbons (Fsp3) is 0.526. The number of unbranched alkanes of at least 4 members (excludes halogenated alkanes) is 1. The van der Waals surface area contributed by atoms with Crippen molar-refractivity contribution < 1.29 is 14.4 Å². The summed E-state index contributed by atoms with van der Waals surface area (Å²) in [5.41, 5.74) is 2.41. The van der Waals surface area contributed by atoms with Crippen LogP contribution in [-0.4, -0.2) is 60.7 Å². The second kappa shape index (κ2) is 7.25. The van der Waals surface area contributed by atoms with Gasteiger partial charge in [-0.3, -0.25) is 14.4 Å². The summed E-state index contributed by atoms with van der Waals surface area (Å²) in [6.45, 7) is 4.39. The van der Waals surface area contributed by atoms with Gasteiger partial charge in [-0.15, -0.1) is 0 Å². The molecule has 0 radical (unpaired) electrons. The molecule has 6 nitrogen and oxygen atoms in total. The molecule has 2 heterocycles. The highest BCUT2D eigenvalue weighted by Crippen LogP contribution is 2.28. The van der Waals surface area contributed by atoms with E-state index in [0.29, 0.717) is 44.6 Å². The highest BCUT2D eigenvalue weighted by atomic mass is 16.2. The summed E-state index contributed by atoms with van der Waals surface area (Å²) in [6.07, 6.45) is 2.88. The number of benzene rings is 1. The van der Waals surface area contributed by atoms with Crippen molar-refractivity contribution in [3.63, 3.8) is 0 Å². The summed E-state index contributed by atoms with van der Waals surface area (Å²) in [6, 6.07) is 5.46. The fourth-order valence-electron chi connectivity index (χ4n) is 3.43. The van der Waals surface area contributed by atoms with E-state index in [-0.39, 0.29) is 17.7 Å². The summed E-state index contributed by atoms with van der Waals surface area (Å²) in [5, 5.41) is 0. The van der Waals surface area contributed by atoms with Gasteiger partial charge >= 0.3 is 0 Å². The van der Waals surface area contributed by atoms with Gasteiger partial charge in [0.25, 0.3) is 5.91 Å². The Bertz CT molecular complexity index is 693. The van der Waals surface area contributed by atoms with E-state index < -0.39 is 0 Å². The average Bonchev–Trinajstić information content (AvgIpc) is 2.92. The van der Waals surface area contributed by atoms with Gasteiger partial charge in [-0.05, 0) is 30.2 Å². The molecule has 0 unspecified atom stereocenters. The van der Waals surface area contributed by atoms with Gasteiger partial charge < -0.3 is 14.7 Å². The predicted octanol–water partition coefficient (Wildman–Crippen LogP) is 1.68. The van der Waals surface area contributed by atoms with Crippen LogP contribution in [0.15, 0.2) is 18.2 Å². The van der Waals surface area contributed by atoms with E-state index in [1.165, 1.54) is 0 Å². The zero-order valence-electron chi connectivity index (χ0n) is 15.0. The number of anilines is 1. The Morgan fingerprint density at radius 2 is 1.76 bits per heavy atom. The lowest BCUT2D eigenvalue weighted by Gasteiger charge is -2.35. The van der Waals surface area contributed by atoms with Gasteiger partial charge in [-0.25, -0.2) is 0 Å². The SMILES string of the molecule is CCCCC(=O)N1CCN(C(=O)c2ccc3c(c2)CC(=O)N3C)CC1. The number of piperazine rings is 1. The van der Waals surface area contributed by atoms with Crippen molar-refractivity contribution >= 4 is 23.4 Å². The number of fused-ring (bicyclic) bond motifs is 1. The first kappa shape index (κ1) is 17.5. The maximum atomic E-state index is 12.7. The number of likely N-dealkylation sites (N-methyl/N-ethyl adjacent to an activating group) is 1. The van der Waals surface area contributed by atoms with Crippen LogP contribution in [0.3, 0.4) is 0 Å². The quantitative estimate of drug-likeness (QED) is 0.836. The Balaban J connectivity index is 1.61. The largest absolute Gasteiger partial charge is 0.339 e. The number of hydrogen-bond acceptors (Lipinski definition) is 3. The van der Waals surface area contributed by atoms with Gasteiger partial charge in [0.15, 0.2) is 0 Å². The standard InChI is InChI=1S/C19H25N3O3/c1-3-4-5-17(23)21-8-10-22(11-9-21)19(25)14-6-7-16-15(12-14)13-18(24)20(16)2/h6-7,12H,3-5,8-11,13H2,1-2H3. The van der Waals surface area contributed by atoms with Crippen molar-refractivity contribution in [2.75, 3.05) is 38.1 Å². The molecule has 134 valence electrons. The molecule has 0 spiro atoms. The Kier molecular flexibility index (Phi) is 5.06. The highest BCUT2D eigenvalue weighted by molar-refractivity contribution is 6.03. The van der Waals surface area contributed by atoms with Crippen molar-refractivity contribution in [1.29, 1.82) is 0 Å². The fourth-order valence-corrected chi connectivity index (χ4v) is 3.43. The maximum Gasteiger partial charge on any atom is 0.253 e. The van der Waals surface area contributed by atoms with Gasteiger partial charge in [0, 0.05) is 50.9 Å². The van der Waals surface area contributed by atoms with Crippen LogP contribution < -0.4 is 4.90 Å². The van der Waals surface area contributed by atoms with E-state index in [0.717, 1.165) is 24.1 Å². The van der Waals surface area contributed by atoms with Crippen molar-refractivity contribution in [3.05, 3.63) is 29.3 Å². The van der Waals surface area contributed by atoms with Crippen LogP contribution >= 0.6 is 0 Å². The third kappa shape index (κ3) is 3.52. The molecule has 1 fully saturated rings. The zero-order chi connectivity index (χ0) is 18.0. The van der Waals surface area contributed by atoms with Crippen molar-refractivity contribution in [3.8, 4) is 0 Å². The van der Waals surface area contributed by atoms with Gasteiger partial charge in [-0.1, -0.05) is 13.3 Å². The lowest BCUT2D eigenvalue weighted by atomic mass is 10.1. The van der Waals surface area contributed by atoms with Crippen molar-refractivity contribution in [1.82, 2.24) is 9.80 Å². The number of carbonyl (C=O) groups is 3. The smallest absolute Gasteiger partial charge is 0.253 e. The summed E-state index contributed by atoms with van der Waals surface area (Å²) in [4.78, 5) is 41.9. The van der Waals surface area contributed by atoms with E-state index in [4.69, 9.17) is 0 Å². The Hall–Kier alpha value is -2.37. The molecule has 1 aromatic carbocycles. The molecular weight excluding hydrogens is 318 g/mol. The minimum absolute atomic E-state index is 0.0227. The van der Waals surface area contributed by atoms with Crippen LogP contribution in [0.1, 0.15) is 42.1 Å². The molecule has 0 aromatic heterocycles. The van der Waals surface area contributed by atoms with E-state index in [9.17, 15) is 14.4 Å². The molecule has 0 bridgehead atoms. The molecule has 1 saturated heterocycles. The lowest BCUT2D eigenvalue weighted by Crippen LogP contribution is -2.50. The third-order valence-electron chi connectivity index (χ3n) is 5.07. The van der Waals surface area contributed by atoms with Crippen LogP contribution in [0.5, 0.6) is 0 Å². The molecule has 0 saturated carbocycles. The van der Waals surface area contributed by atoms with Gasteiger partial charge in [0.1, 0.15) is 0 Å². The normalized spacial score (nSPS) is 17.0. The molecular formula is C19H25N3O3. The lowest BCUT2D eigenvalue weighted by molar-refractivity contribution is -0.132. The first-order chi connectivity index (χ1) is 12.0. The number of hydrogen-bond donors (Lipinski definition) is 0. The monoisotopic (exact) mass is 343 g/mol. The van der Waals surface area contributed by atoms with Crippen LogP contribution in [0, 0.1) is 0 Å². The molecule has 6 heteroatoms. The zero-order valence-corrected chi connectivity index (χ0v) is 15.0. The van der Waals surface area contributed by atoms with E-state index in [2.05, 4.69) is 6.92 Å². The predicted molar refractivity (Wildman–Crippen MR) is 95.6 cm³/mol. The summed E-state index contributed by atoms with van der Waals surface area (Å²) >= 11 is 0. The molecule has 0 aliphatic carbocycles. The Morgan fingerprint density at radius 1 is 1.08 bits per heavy atom. The first-order valence-electron chi connectivity index (χ1n) is 8.97. The molecule has 0 atom stereocenters. The highest BCUT2D eigenvalue weighted by Gasteiger charge is 2.28. The van der Waals surface area contributed by atoms with Gasteiger partial charge in [0.2, 0.25) is 11.8 Å². The summed E-state index contributed by atoms with van der Waals surface area (Å²) < 4.78 is 0. The average molecular weight is 343 g/mol. The molecule has 3 amide bonds. The topological polar surface area (TPSA) is 60.9 Å². The van der Waals surface area contributed by atoms with Crippen LogP contribution in [0.4, 0.5) is 5.69 Å². The summed E-state index contributed by atoms with van der Waals surface area (Å²) in [7, 11) is 1.75. The minimum Gasteiger partial charge on any atom is -0.339 e. The number of carbonyl (C=O) groups excluding carboxylic acids is 3. The molecule has 3 rings (SSSR count). The molecule has 2 aliphatic heterocycles. The number of nitrogens with zero attached hydrogens (tertiary/aromatic N) is 3. The van der Waals surface area contributed by atoms with Crippen molar-refractivity contribution in [2.24, 2.45) is 0 Å².